The summed E-state index contributed by atoms with van der Waals surface area (Å²) in [5, 5.41) is 3.03. The molecule has 0 radical (unpaired) electrons. The summed E-state index contributed by atoms with van der Waals surface area (Å²) >= 11 is 1.61. The first-order valence-corrected chi connectivity index (χ1v) is 12.0. The highest BCUT2D eigenvalue weighted by Crippen LogP contribution is 2.23. The number of carbonyl (C=O) groups excluding carboxylic acids is 1. The summed E-state index contributed by atoms with van der Waals surface area (Å²) in [6, 6.07) is 15.8. The lowest BCUT2D eigenvalue weighted by Crippen LogP contribution is -2.34. The number of amides is 1. The number of methoxy groups -OCH3 is 1. The summed E-state index contributed by atoms with van der Waals surface area (Å²) in [5.41, 5.74) is 2.95. The fraction of sp³-hybridized carbons (Fsp3) is 0.308. The topological polar surface area (TPSA) is 54.9 Å². The zero-order valence-corrected chi connectivity index (χ0v) is 19.9. The Morgan fingerprint density at radius 3 is 2.67 bits per heavy atom. The largest absolute Gasteiger partial charge is 0.497 e. The molecule has 33 heavy (non-hydrogen) atoms. The highest BCUT2D eigenvalue weighted by molar-refractivity contribution is 7.09. The Bertz CT molecular complexity index is 1090. The van der Waals surface area contributed by atoms with Crippen LogP contribution in [0, 0.1) is 6.92 Å². The highest BCUT2D eigenvalue weighted by atomic mass is 32.1. The molecule has 172 valence electrons. The Kier molecular flexibility index (Phi) is 7.62. The van der Waals surface area contributed by atoms with E-state index in [4.69, 9.17) is 9.47 Å². The summed E-state index contributed by atoms with van der Waals surface area (Å²) in [5.74, 6) is 1.62. The molecule has 0 aliphatic carbocycles. The molecule has 0 unspecified atom stereocenters. The maximum atomic E-state index is 12.9. The van der Waals surface area contributed by atoms with Gasteiger partial charge in [0.15, 0.2) is 0 Å². The minimum atomic E-state index is 0.0245. The molecule has 0 N–H and O–H groups in total. The molecular formula is C26H29N3O3S. The van der Waals surface area contributed by atoms with E-state index < -0.39 is 0 Å². The van der Waals surface area contributed by atoms with Gasteiger partial charge in [0, 0.05) is 48.9 Å². The van der Waals surface area contributed by atoms with Crippen molar-refractivity contribution < 1.29 is 14.3 Å². The van der Waals surface area contributed by atoms with Gasteiger partial charge in [0.1, 0.15) is 18.1 Å². The zero-order chi connectivity index (χ0) is 23.0. The number of thiazole rings is 1. The SMILES string of the molecule is COc1ccc(N2CCCN(C(=O)/C=C/c3ccccc3OCc3csc(C)n3)CC2)cc1. The first-order chi connectivity index (χ1) is 16.1. The predicted molar refractivity (Wildman–Crippen MR) is 133 cm³/mol. The molecule has 1 aromatic heterocycles. The molecule has 1 aliphatic rings. The van der Waals surface area contributed by atoms with Crippen LogP contribution in [0.25, 0.3) is 6.08 Å². The summed E-state index contributed by atoms with van der Waals surface area (Å²) in [7, 11) is 1.67. The molecule has 2 heterocycles. The molecular weight excluding hydrogens is 434 g/mol. The van der Waals surface area contributed by atoms with E-state index in [2.05, 4.69) is 22.0 Å². The number of rotatable bonds is 7. The maximum Gasteiger partial charge on any atom is 0.246 e. The molecule has 0 bridgehead atoms. The number of para-hydroxylation sites is 1. The van der Waals surface area contributed by atoms with Crippen LogP contribution < -0.4 is 14.4 Å². The van der Waals surface area contributed by atoms with Gasteiger partial charge in [-0.05, 0) is 49.8 Å². The van der Waals surface area contributed by atoms with Crippen LogP contribution in [0.4, 0.5) is 5.69 Å². The van der Waals surface area contributed by atoms with Gasteiger partial charge in [-0.25, -0.2) is 4.98 Å². The van der Waals surface area contributed by atoms with E-state index >= 15 is 0 Å². The van der Waals surface area contributed by atoms with Crippen molar-refractivity contribution in [2.24, 2.45) is 0 Å². The Morgan fingerprint density at radius 2 is 1.91 bits per heavy atom. The first kappa shape index (κ1) is 22.9. The van der Waals surface area contributed by atoms with Crippen LogP contribution in [0.5, 0.6) is 11.5 Å². The normalized spacial score (nSPS) is 14.4. The summed E-state index contributed by atoms with van der Waals surface area (Å²) in [4.78, 5) is 21.6. The van der Waals surface area contributed by atoms with Gasteiger partial charge in [-0.3, -0.25) is 4.79 Å². The number of hydrogen-bond acceptors (Lipinski definition) is 6. The smallest absolute Gasteiger partial charge is 0.246 e. The zero-order valence-electron chi connectivity index (χ0n) is 19.1. The van der Waals surface area contributed by atoms with Gasteiger partial charge >= 0.3 is 0 Å². The molecule has 1 amide bonds. The molecule has 2 aromatic carbocycles. The standard InChI is InChI=1S/C26H29N3O3S/c1-20-27-22(19-33-20)18-32-25-7-4-3-6-21(25)8-13-26(30)29-15-5-14-28(16-17-29)23-9-11-24(31-2)12-10-23/h3-4,6-13,19H,5,14-18H2,1-2H3/b13-8+. The fourth-order valence-electron chi connectivity index (χ4n) is 3.83. The number of hydrogen-bond donors (Lipinski definition) is 0. The second-order valence-electron chi connectivity index (χ2n) is 7.88. The van der Waals surface area contributed by atoms with Gasteiger partial charge in [0.05, 0.1) is 17.8 Å². The number of aromatic nitrogens is 1. The molecule has 6 nitrogen and oxygen atoms in total. The van der Waals surface area contributed by atoms with Crippen LogP contribution in [-0.2, 0) is 11.4 Å². The van der Waals surface area contributed by atoms with Crippen molar-refractivity contribution in [3.63, 3.8) is 0 Å². The van der Waals surface area contributed by atoms with E-state index in [9.17, 15) is 4.79 Å². The third-order valence-electron chi connectivity index (χ3n) is 5.61. The van der Waals surface area contributed by atoms with Crippen LogP contribution >= 0.6 is 11.3 Å². The van der Waals surface area contributed by atoms with Crippen molar-refractivity contribution in [3.8, 4) is 11.5 Å². The molecule has 4 rings (SSSR count). The van der Waals surface area contributed by atoms with Crippen molar-refractivity contribution in [1.29, 1.82) is 0 Å². The summed E-state index contributed by atoms with van der Waals surface area (Å²) in [6.45, 7) is 5.56. The molecule has 1 aliphatic heterocycles. The molecule has 0 atom stereocenters. The van der Waals surface area contributed by atoms with Gasteiger partial charge in [-0.1, -0.05) is 18.2 Å². The fourth-order valence-corrected chi connectivity index (χ4v) is 4.43. The maximum absolute atomic E-state index is 12.9. The number of benzene rings is 2. The van der Waals surface area contributed by atoms with E-state index in [0.29, 0.717) is 13.2 Å². The lowest BCUT2D eigenvalue weighted by Gasteiger charge is -2.23. The van der Waals surface area contributed by atoms with Gasteiger partial charge < -0.3 is 19.3 Å². The van der Waals surface area contributed by atoms with Crippen LogP contribution in [0.15, 0.2) is 60.0 Å². The Balaban J connectivity index is 1.35. The molecule has 0 saturated carbocycles. The average Bonchev–Trinajstić information content (AvgIpc) is 3.11. The van der Waals surface area contributed by atoms with E-state index in [1.54, 1.807) is 24.5 Å². The van der Waals surface area contributed by atoms with Crippen molar-refractivity contribution >= 4 is 29.0 Å². The molecule has 0 spiro atoms. The molecule has 1 fully saturated rings. The molecule has 1 saturated heterocycles. The van der Waals surface area contributed by atoms with Crippen molar-refractivity contribution in [1.82, 2.24) is 9.88 Å². The highest BCUT2D eigenvalue weighted by Gasteiger charge is 2.18. The lowest BCUT2D eigenvalue weighted by atomic mass is 10.2. The monoisotopic (exact) mass is 463 g/mol. The third kappa shape index (κ3) is 6.14. The van der Waals surface area contributed by atoms with E-state index in [0.717, 1.165) is 59.5 Å². The summed E-state index contributed by atoms with van der Waals surface area (Å²) < 4.78 is 11.2. The van der Waals surface area contributed by atoms with E-state index in [1.165, 1.54) is 0 Å². The van der Waals surface area contributed by atoms with Gasteiger partial charge in [0.2, 0.25) is 5.91 Å². The van der Waals surface area contributed by atoms with Crippen LogP contribution in [0.1, 0.15) is 22.7 Å². The number of nitrogens with zero attached hydrogens (tertiary/aromatic N) is 3. The third-order valence-corrected chi connectivity index (χ3v) is 6.43. The Hall–Kier alpha value is -3.32. The van der Waals surface area contributed by atoms with Crippen molar-refractivity contribution in [3.05, 3.63) is 76.3 Å². The van der Waals surface area contributed by atoms with Crippen LogP contribution in [-0.4, -0.2) is 49.1 Å². The average molecular weight is 464 g/mol. The van der Waals surface area contributed by atoms with Gasteiger partial charge in [0.25, 0.3) is 0 Å². The Morgan fingerprint density at radius 1 is 1.09 bits per heavy atom. The summed E-state index contributed by atoms with van der Waals surface area (Å²) in [6.07, 6.45) is 4.42. The number of aryl methyl sites for hydroxylation is 1. The quantitative estimate of drug-likeness (QED) is 0.472. The molecule has 3 aromatic rings. The lowest BCUT2D eigenvalue weighted by molar-refractivity contribution is -0.125. The number of anilines is 1. The Labute approximate surface area is 199 Å². The minimum Gasteiger partial charge on any atom is -0.497 e. The van der Waals surface area contributed by atoms with Crippen LogP contribution in [0.3, 0.4) is 0 Å². The van der Waals surface area contributed by atoms with Crippen molar-refractivity contribution in [2.75, 3.05) is 38.2 Å². The predicted octanol–water partition coefficient (Wildman–Crippen LogP) is 4.79. The van der Waals surface area contributed by atoms with Gasteiger partial charge in [-0.2, -0.15) is 0 Å². The second kappa shape index (κ2) is 11.0. The van der Waals surface area contributed by atoms with Gasteiger partial charge in [-0.15, -0.1) is 11.3 Å². The minimum absolute atomic E-state index is 0.0245. The van der Waals surface area contributed by atoms with E-state index in [-0.39, 0.29) is 5.91 Å². The van der Waals surface area contributed by atoms with Crippen LogP contribution in [0.2, 0.25) is 0 Å². The second-order valence-corrected chi connectivity index (χ2v) is 8.94. The first-order valence-electron chi connectivity index (χ1n) is 11.1. The number of ether oxygens (including phenoxy) is 2. The van der Waals surface area contributed by atoms with E-state index in [1.807, 2.05) is 59.7 Å². The molecule has 7 heteroatoms. The van der Waals surface area contributed by atoms with Crippen molar-refractivity contribution in [2.45, 2.75) is 20.0 Å². The number of carbonyl (C=O) groups is 1.